The molecule has 0 atom stereocenters. The van der Waals surface area contributed by atoms with Gasteiger partial charge in [0.25, 0.3) is 0 Å². The number of aromatic carboxylic acids is 1. The number of halogens is 3. The van der Waals surface area contributed by atoms with Crippen molar-refractivity contribution in [2.45, 2.75) is 6.18 Å². The standard InChI is InChI=1S/C12H7F3O3/c13-12(14,15)8-2-1-6-5-10(16)9(11(17)18)4-7(6)3-8/h1-5,16H,(H,17,18). The SMILES string of the molecule is O=C(O)c1cc2cc(C(F)(F)F)ccc2cc1O. The lowest BCUT2D eigenvalue weighted by Crippen LogP contribution is -2.04. The minimum Gasteiger partial charge on any atom is -0.507 e. The van der Waals surface area contributed by atoms with Crippen LogP contribution in [0.15, 0.2) is 30.3 Å². The molecule has 2 aromatic rings. The van der Waals surface area contributed by atoms with Crippen molar-refractivity contribution in [2.24, 2.45) is 0 Å². The van der Waals surface area contributed by atoms with Crippen molar-refractivity contribution in [3.05, 3.63) is 41.5 Å². The van der Waals surface area contributed by atoms with Crippen molar-refractivity contribution < 1.29 is 28.2 Å². The molecule has 2 N–H and O–H groups in total. The molecule has 0 heterocycles. The van der Waals surface area contributed by atoms with E-state index in [2.05, 4.69) is 0 Å². The van der Waals surface area contributed by atoms with Crippen LogP contribution < -0.4 is 0 Å². The molecule has 2 aromatic carbocycles. The van der Waals surface area contributed by atoms with E-state index in [1.165, 1.54) is 6.07 Å². The Morgan fingerprint density at radius 3 is 2.28 bits per heavy atom. The van der Waals surface area contributed by atoms with E-state index >= 15 is 0 Å². The van der Waals surface area contributed by atoms with Crippen molar-refractivity contribution in [3.63, 3.8) is 0 Å². The molecule has 0 bridgehead atoms. The second-order valence-electron chi connectivity index (χ2n) is 3.73. The van der Waals surface area contributed by atoms with Gasteiger partial charge in [-0.1, -0.05) is 6.07 Å². The van der Waals surface area contributed by atoms with Crippen molar-refractivity contribution >= 4 is 16.7 Å². The minimum absolute atomic E-state index is 0.111. The summed E-state index contributed by atoms with van der Waals surface area (Å²) in [7, 11) is 0. The molecule has 3 nitrogen and oxygen atoms in total. The van der Waals surface area contributed by atoms with Gasteiger partial charge in [-0.3, -0.25) is 0 Å². The number of alkyl halides is 3. The maximum atomic E-state index is 12.5. The summed E-state index contributed by atoms with van der Waals surface area (Å²) in [6.07, 6.45) is -4.49. The quantitative estimate of drug-likeness (QED) is 0.823. The fraction of sp³-hybridized carbons (Fsp3) is 0.0833. The number of hydrogen-bond acceptors (Lipinski definition) is 2. The van der Waals surface area contributed by atoms with Gasteiger partial charge in [-0.05, 0) is 35.0 Å². The number of rotatable bonds is 1. The smallest absolute Gasteiger partial charge is 0.416 e. The summed E-state index contributed by atoms with van der Waals surface area (Å²) in [5, 5.41) is 18.6. The van der Waals surface area contributed by atoms with Gasteiger partial charge in [0.1, 0.15) is 11.3 Å². The molecule has 0 amide bonds. The van der Waals surface area contributed by atoms with Gasteiger partial charge in [0.15, 0.2) is 0 Å². The molecule has 6 heteroatoms. The first-order valence-corrected chi connectivity index (χ1v) is 4.86. The molecule has 94 valence electrons. The molecular formula is C12H7F3O3. The predicted octanol–water partition coefficient (Wildman–Crippen LogP) is 3.26. The van der Waals surface area contributed by atoms with Gasteiger partial charge >= 0.3 is 12.1 Å². The molecule has 0 radical (unpaired) electrons. The summed E-state index contributed by atoms with van der Waals surface area (Å²) in [4.78, 5) is 10.8. The number of carboxylic acid groups (broad SMARTS) is 1. The van der Waals surface area contributed by atoms with Gasteiger partial charge in [0.2, 0.25) is 0 Å². The van der Waals surface area contributed by atoms with E-state index in [0.717, 1.165) is 24.3 Å². The summed E-state index contributed by atoms with van der Waals surface area (Å²) in [5.41, 5.74) is -1.29. The van der Waals surface area contributed by atoms with Gasteiger partial charge in [-0.25, -0.2) is 4.79 Å². The molecule has 0 aromatic heterocycles. The summed E-state index contributed by atoms with van der Waals surface area (Å²) in [6.45, 7) is 0. The van der Waals surface area contributed by atoms with Crippen LogP contribution in [0.25, 0.3) is 10.8 Å². The van der Waals surface area contributed by atoms with Crippen LogP contribution in [-0.2, 0) is 6.18 Å². The Morgan fingerprint density at radius 1 is 1.06 bits per heavy atom. The molecule has 18 heavy (non-hydrogen) atoms. The Hall–Kier alpha value is -2.24. The monoisotopic (exact) mass is 256 g/mol. The zero-order chi connectivity index (χ0) is 13.5. The van der Waals surface area contributed by atoms with Crippen molar-refractivity contribution in [2.75, 3.05) is 0 Å². The van der Waals surface area contributed by atoms with Crippen molar-refractivity contribution in [1.29, 1.82) is 0 Å². The largest absolute Gasteiger partial charge is 0.507 e. The van der Waals surface area contributed by atoms with Crippen LogP contribution in [0.4, 0.5) is 13.2 Å². The number of benzene rings is 2. The fourth-order valence-corrected chi connectivity index (χ4v) is 1.63. The molecule has 0 saturated heterocycles. The Morgan fingerprint density at radius 2 is 1.72 bits per heavy atom. The van der Waals surface area contributed by atoms with Crippen molar-refractivity contribution in [1.82, 2.24) is 0 Å². The fourth-order valence-electron chi connectivity index (χ4n) is 1.63. The highest BCUT2D eigenvalue weighted by Crippen LogP contribution is 2.33. The average molecular weight is 256 g/mol. The number of carbonyl (C=O) groups is 1. The minimum atomic E-state index is -4.49. The second-order valence-corrected chi connectivity index (χ2v) is 3.73. The van der Waals surface area contributed by atoms with E-state index in [0.29, 0.717) is 5.39 Å². The number of carboxylic acids is 1. The first-order valence-electron chi connectivity index (χ1n) is 4.86. The van der Waals surface area contributed by atoms with Crippen LogP contribution in [0, 0.1) is 0 Å². The molecule has 0 spiro atoms. The Bertz CT molecular complexity index is 632. The lowest BCUT2D eigenvalue weighted by molar-refractivity contribution is -0.137. The molecule has 0 saturated carbocycles. The lowest BCUT2D eigenvalue weighted by atomic mass is 10.0. The molecule has 0 fully saturated rings. The number of aromatic hydroxyl groups is 1. The van der Waals surface area contributed by atoms with Gasteiger partial charge in [-0.2, -0.15) is 13.2 Å². The van der Waals surface area contributed by atoms with E-state index in [9.17, 15) is 23.1 Å². The summed E-state index contributed by atoms with van der Waals surface area (Å²) in [5.74, 6) is -1.87. The maximum Gasteiger partial charge on any atom is 0.416 e. The molecule has 0 aliphatic heterocycles. The third-order valence-corrected chi connectivity index (χ3v) is 2.51. The van der Waals surface area contributed by atoms with E-state index in [-0.39, 0.29) is 5.39 Å². The Kier molecular flexibility index (Phi) is 2.65. The Labute approximate surface area is 99.1 Å². The van der Waals surface area contributed by atoms with E-state index < -0.39 is 29.0 Å². The van der Waals surface area contributed by atoms with Crippen molar-refractivity contribution in [3.8, 4) is 5.75 Å². The van der Waals surface area contributed by atoms with Crippen LogP contribution >= 0.6 is 0 Å². The van der Waals surface area contributed by atoms with Gasteiger partial charge < -0.3 is 10.2 Å². The molecule has 0 unspecified atom stereocenters. The first-order chi connectivity index (χ1) is 8.29. The highest BCUT2D eigenvalue weighted by Gasteiger charge is 2.30. The Balaban J connectivity index is 2.69. The first kappa shape index (κ1) is 12.2. The number of fused-ring (bicyclic) bond motifs is 1. The van der Waals surface area contributed by atoms with Crippen LogP contribution in [-0.4, -0.2) is 16.2 Å². The predicted molar refractivity (Wildman–Crippen MR) is 57.6 cm³/mol. The van der Waals surface area contributed by atoms with E-state index in [4.69, 9.17) is 5.11 Å². The maximum absolute atomic E-state index is 12.5. The topological polar surface area (TPSA) is 57.5 Å². The highest BCUT2D eigenvalue weighted by molar-refractivity contribution is 5.97. The van der Waals surface area contributed by atoms with E-state index in [1.54, 1.807) is 0 Å². The van der Waals surface area contributed by atoms with Crippen LogP contribution in [0.1, 0.15) is 15.9 Å². The molecule has 0 aliphatic carbocycles. The number of phenols is 1. The van der Waals surface area contributed by atoms with E-state index in [1.807, 2.05) is 0 Å². The second kappa shape index (κ2) is 3.90. The van der Waals surface area contributed by atoms with Crippen LogP contribution in [0.2, 0.25) is 0 Å². The summed E-state index contributed by atoms with van der Waals surface area (Å²) >= 11 is 0. The lowest BCUT2D eigenvalue weighted by Gasteiger charge is -2.09. The molecule has 2 rings (SSSR count). The summed E-state index contributed by atoms with van der Waals surface area (Å²) in [6, 6.07) is 5.05. The average Bonchev–Trinajstić information content (AvgIpc) is 2.25. The normalized spacial score (nSPS) is 11.7. The van der Waals surface area contributed by atoms with Crippen LogP contribution in [0.5, 0.6) is 5.75 Å². The summed E-state index contributed by atoms with van der Waals surface area (Å²) < 4.78 is 37.5. The number of hydrogen-bond donors (Lipinski definition) is 2. The third kappa shape index (κ3) is 2.09. The molecule has 0 aliphatic rings. The van der Waals surface area contributed by atoms with Crippen LogP contribution in [0.3, 0.4) is 0 Å². The zero-order valence-electron chi connectivity index (χ0n) is 8.82. The highest BCUT2D eigenvalue weighted by atomic mass is 19.4. The van der Waals surface area contributed by atoms with Gasteiger partial charge in [-0.15, -0.1) is 0 Å². The molecular weight excluding hydrogens is 249 g/mol. The third-order valence-electron chi connectivity index (χ3n) is 2.51. The zero-order valence-corrected chi connectivity index (χ0v) is 8.82. The van der Waals surface area contributed by atoms with Gasteiger partial charge in [0, 0.05) is 0 Å². The van der Waals surface area contributed by atoms with Gasteiger partial charge in [0.05, 0.1) is 5.56 Å².